The number of rotatable bonds is 7. The molecule has 0 spiro atoms. The molecule has 1 saturated heterocycles. The molecule has 0 bridgehead atoms. The first-order valence-electron chi connectivity index (χ1n) is 8.28. The number of thiazole rings is 1. The van der Waals surface area contributed by atoms with Crippen molar-refractivity contribution in [2.45, 2.75) is 38.5 Å². The summed E-state index contributed by atoms with van der Waals surface area (Å²) in [5, 5.41) is 8.32. The standard InChI is InChI=1S/C14H21N7O7S2/c1-6-8(11(23)21(6)30(25,26)27)18-10(22)9(7-5-29-13(15)17-7)19-28-14(2,3)12(24)20(4)16/h5-6,8H,16H2,1-4H3,(H2,15,17)(H,18,22)(H,25,26,27)/t6-,8+/m1/s1. The lowest BCUT2D eigenvalue weighted by atomic mass is 10.0. The molecule has 1 aliphatic rings. The lowest BCUT2D eigenvalue weighted by molar-refractivity contribution is -0.153. The van der Waals surface area contributed by atoms with Gasteiger partial charge in [-0.25, -0.2) is 15.1 Å². The third-order valence-electron chi connectivity index (χ3n) is 4.05. The van der Waals surface area contributed by atoms with Gasteiger partial charge in [-0.3, -0.25) is 23.9 Å². The molecule has 14 nitrogen and oxygen atoms in total. The fourth-order valence-electron chi connectivity index (χ4n) is 2.54. The highest BCUT2D eigenvalue weighted by Crippen LogP contribution is 2.23. The van der Waals surface area contributed by atoms with E-state index in [0.717, 1.165) is 16.3 Å². The largest absolute Gasteiger partial charge is 0.379 e. The molecule has 0 saturated carbocycles. The zero-order chi connectivity index (χ0) is 23.0. The molecule has 1 fully saturated rings. The average molecular weight is 463 g/mol. The van der Waals surface area contributed by atoms with Crippen LogP contribution in [-0.2, 0) is 29.5 Å². The van der Waals surface area contributed by atoms with Crippen LogP contribution >= 0.6 is 11.3 Å². The van der Waals surface area contributed by atoms with Gasteiger partial charge < -0.3 is 15.9 Å². The van der Waals surface area contributed by atoms with E-state index in [2.05, 4.69) is 15.5 Å². The van der Waals surface area contributed by atoms with Crippen LogP contribution in [0.2, 0.25) is 0 Å². The second-order valence-electron chi connectivity index (χ2n) is 6.83. The predicted molar refractivity (Wildman–Crippen MR) is 105 cm³/mol. The Labute approximate surface area is 175 Å². The van der Waals surface area contributed by atoms with E-state index >= 15 is 0 Å². The van der Waals surface area contributed by atoms with Gasteiger partial charge in [0.25, 0.3) is 17.7 Å². The highest BCUT2D eigenvalue weighted by Gasteiger charge is 2.51. The number of nitrogens with zero attached hydrogens (tertiary/aromatic N) is 4. The molecule has 166 valence electrons. The van der Waals surface area contributed by atoms with Crippen molar-refractivity contribution in [2.75, 3.05) is 12.8 Å². The lowest BCUT2D eigenvalue weighted by Gasteiger charge is -2.42. The average Bonchev–Trinajstić information content (AvgIpc) is 3.03. The van der Waals surface area contributed by atoms with Crippen LogP contribution in [0.15, 0.2) is 10.5 Å². The summed E-state index contributed by atoms with van der Waals surface area (Å²) >= 11 is 1.01. The van der Waals surface area contributed by atoms with Gasteiger partial charge in [-0.05, 0) is 20.8 Å². The highest BCUT2D eigenvalue weighted by molar-refractivity contribution is 7.84. The summed E-state index contributed by atoms with van der Waals surface area (Å²) < 4.78 is 31.7. The maximum Gasteiger partial charge on any atom is 0.362 e. The highest BCUT2D eigenvalue weighted by atomic mass is 32.2. The minimum absolute atomic E-state index is 0.00501. The van der Waals surface area contributed by atoms with Gasteiger partial charge in [0.05, 0.1) is 6.04 Å². The number of oxime groups is 1. The number of aromatic nitrogens is 1. The van der Waals surface area contributed by atoms with Crippen molar-refractivity contribution in [3.8, 4) is 0 Å². The van der Waals surface area contributed by atoms with Crippen LogP contribution in [0.5, 0.6) is 0 Å². The number of hydrogen-bond donors (Lipinski definition) is 4. The van der Waals surface area contributed by atoms with E-state index in [1.807, 2.05) is 0 Å². The molecule has 0 aromatic carbocycles. The predicted octanol–water partition coefficient (Wildman–Crippen LogP) is -1.92. The topological polar surface area (TPSA) is 211 Å². The monoisotopic (exact) mass is 463 g/mol. The third-order valence-corrected chi connectivity index (χ3v) is 5.73. The number of nitrogen functional groups attached to an aromatic ring is 1. The normalized spacial score (nSPS) is 19.9. The Morgan fingerprint density at radius 1 is 1.47 bits per heavy atom. The molecular weight excluding hydrogens is 442 g/mol. The fraction of sp³-hybridized carbons (Fsp3) is 0.500. The zero-order valence-electron chi connectivity index (χ0n) is 16.4. The van der Waals surface area contributed by atoms with Crippen molar-refractivity contribution in [1.82, 2.24) is 19.6 Å². The number of hydrogen-bond acceptors (Lipinski definition) is 11. The SMILES string of the molecule is C[C@@H]1[C@H](NC(=O)C(=NOC(C)(C)C(=O)N(C)N)c2csc(N)n2)C(=O)N1S(=O)(=O)O. The zero-order valence-corrected chi connectivity index (χ0v) is 18.0. The molecule has 0 unspecified atom stereocenters. The van der Waals surface area contributed by atoms with E-state index in [4.69, 9.17) is 21.0 Å². The third kappa shape index (κ3) is 4.66. The van der Waals surface area contributed by atoms with E-state index in [-0.39, 0.29) is 15.1 Å². The molecule has 6 N–H and O–H groups in total. The Morgan fingerprint density at radius 3 is 2.50 bits per heavy atom. The maximum absolute atomic E-state index is 12.7. The molecule has 1 aromatic heterocycles. The summed E-state index contributed by atoms with van der Waals surface area (Å²) in [4.78, 5) is 45.9. The van der Waals surface area contributed by atoms with Crippen LogP contribution in [-0.4, -0.2) is 75.4 Å². The Hall–Kier alpha value is -2.82. The van der Waals surface area contributed by atoms with Crippen LogP contribution in [0, 0.1) is 0 Å². The van der Waals surface area contributed by atoms with E-state index < -0.39 is 51.4 Å². The van der Waals surface area contributed by atoms with Gasteiger partial charge in [0.2, 0.25) is 5.60 Å². The Kier molecular flexibility index (Phi) is 6.36. The van der Waals surface area contributed by atoms with E-state index in [0.29, 0.717) is 0 Å². The number of amides is 3. The first kappa shape index (κ1) is 23.5. The van der Waals surface area contributed by atoms with Gasteiger partial charge in [-0.1, -0.05) is 5.16 Å². The molecular formula is C14H21N7O7S2. The quantitative estimate of drug-likeness (QED) is 0.0878. The van der Waals surface area contributed by atoms with Gasteiger partial charge in [-0.15, -0.1) is 11.3 Å². The second-order valence-corrected chi connectivity index (χ2v) is 9.01. The number of hydrazine groups is 1. The van der Waals surface area contributed by atoms with Crippen molar-refractivity contribution in [3.05, 3.63) is 11.1 Å². The molecule has 3 amide bonds. The fourth-order valence-corrected chi connectivity index (χ4v) is 3.97. The second kappa shape index (κ2) is 8.13. The summed E-state index contributed by atoms with van der Waals surface area (Å²) in [5.74, 6) is 2.80. The van der Waals surface area contributed by atoms with Crippen LogP contribution in [0.3, 0.4) is 0 Å². The number of nitrogens with one attached hydrogen (secondary N) is 1. The smallest absolute Gasteiger partial charge is 0.362 e. The summed E-state index contributed by atoms with van der Waals surface area (Å²) in [6.45, 7) is 4.05. The summed E-state index contributed by atoms with van der Waals surface area (Å²) in [6.07, 6.45) is 0. The molecule has 2 rings (SSSR count). The number of carbonyl (C=O) groups excluding carboxylic acids is 3. The molecule has 2 heterocycles. The Bertz CT molecular complexity index is 1000. The maximum atomic E-state index is 12.7. The van der Waals surface area contributed by atoms with Crippen molar-refractivity contribution in [3.63, 3.8) is 0 Å². The molecule has 16 heteroatoms. The van der Waals surface area contributed by atoms with Gasteiger partial charge in [0.15, 0.2) is 10.8 Å². The first-order valence-corrected chi connectivity index (χ1v) is 10.6. The number of β-lactam (4-membered cyclic amide) rings is 1. The van der Waals surface area contributed by atoms with Crippen molar-refractivity contribution in [2.24, 2.45) is 11.0 Å². The number of nitrogens with two attached hydrogens (primary N) is 2. The van der Waals surface area contributed by atoms with Crippen molar-refractivity contribution < 1.29 is 32.2 Å². The van der Waals surface area contributed by atoms with Crippen LogP contribution in [0.25, 0.3) is 0 Å². The minimum Gasteiger partial charge on any atom is -0.379 e. The summed E-state index contributed by atoms with van der Waals surface area (Å²) in [6, 6.07) is -2.28. The van der Waals surface area contributed by atoms with Gasteiger partial charge in [0.1, 0.15) is 11.7 Å². The first-order chi connectivity index (χ1) is 13.7. The summed E-state index contributed by atoms with van der Waals surface area (Å²) in [7, 11) is -3.45. The molecule has 1 aliphatic heterocycles. The van der Waals surface area contributed by atoms with Gasteiger partial charge in [0, 0.05) is 12.4 Å². The number of carbonyl (C=O) groups is 3. The molecule has 30 heavy (non-hydrogen) atoms. The lowest BCUT2D eigenvalue weighted by Crippen LogP contribution is -2.71. The minimum atomic E-state index is -4.75. The summed E-state index contributed by atoms with van der Waals surface area (Å²) in [5.41, 5.74) is 3.64. The van der Waals surface area contributed by atoms with E-state index in [9.17, 15) is 22.8 Å². The molecule has 0 radical (unpaired) electrons. The van der Waals surface area contributed by atoms with Crippen LogP contribution in [0.4, 0.5) is 5.13 Å². The van der Waals surface area contributed by atoms with Crippen molar-refractivity contribution in [1.29, 1.82) is 0 Å². The van der Waals surface area contributed by atoms with Crippen LogP contribution in [0.1, 0.15) is 26.5 Å². The van der Waals surface area contributed by atoms with Gasteiger partial charge in [-0.2, -0.15) is 8.42 Å². The van der Waals surface area contributed by atoms with E-state index in [1.54, 1.807) is 0 Å². The molecule has 1 aromatic rings. The van der Waals surface area contributed by atoms with Crippen molar-refractivity contribution >= 4 is 50.2 Å². The van der Waals surface area contributed by atoms with E-state index in [1.165, 1.54) is 33.2 Å². The number of likely N-dealkylation sites (N-methyl/N-ethyl adjacent to an activating group) is 1. The molecule has 2 atom stereocenters. The Balaban J connectivity index is 2.27. The molecule has 0 aliphatic carbocycles. The number of anilines is 1. The van der Waals surface area contributed by atoms with Crippen LogP contribution < -0.4 is 16.9 Å². The van der Waals surface area contributed by atoms with Gasteiger partial charge >= 0.3 is 10.3 Å². The Morgan fingerprint density at radius 2 is 2.07 bits per heavy atom.